The van der Waals surface area contributed by atoms with E-state index in [-0.39, 0.29) is 12.3 Å². The number of thiocarbonyl (C=S) groups is 1. The summed E-state index contributed by atoms with van der Waals surface area (Å²) in [6.45, 7) is 0.176. The van der Waals surface area contributed by atoms with Gasteiger partial charge in [0.1, 0.15) is 4.99 Å². The molecule has 3 aromatic rings. The van der Waals surface area contributed by atoms with Crippen LogP contribution in [0.3, 0.4) is 0 Å². The number of hydrogen-bond donors (Lipinski definition) is 0. The van der Waals surface area contributed by atoms with E-state index in [0.29, 0.717) is 15.6 Å². The van der Waals surface area contributed by atoms with Crippen molar-refractivity contribution in [1.82, 2.24) is 0 Å². The Morgan fingerprint density at radius 1 is 0.800 bits per heavy atom. The van der Waals surface area contributed by atoms with Crippen LogP contribution in [0, 0.1) is 0 Å². The molecular weight excluding hydrogens is 350 g/mol. The SMILES string of the molecule is O=C(CN(C(=S)c1ccc(Cl)cc1)c1ccccc1)c1ccccc1. The molecule has 0 fully saturated rings. The average molecular weight is 366 g/mol. The molecule has 0 saturated heterocycles. The second-order valence-electron chi connectivity index (χ2n) is 5.52. The molecule has 0 spiro atoms. The van der Waals surface area contributed by atoms with Crippen molar-refractivity contribution >= 4 is 40.3 Å². The number of benzene rings is 3. The smallest absolute Gasteiger partial charge is 0.182 e. The van der Waals surface area contributed by atoms with Crippen LogP contribution in [-0.2, 0) is 0 Å². The van der Waals surface area contributed by atoms with Gasteiger partial charge < -0.3 is 4.90 Å². The maximum Gasteiger partial charge on any atom is 0.182 e. The number of halogens is 1. The number of nitrogens with zero attached hydrogens (tertiary/aromatic N) is 1. The van der Waals surface area contributed by atoms with Crippen LogP contribution >= 0.6 is 23.8 Å². The van der Waals surface area contributed by atoms with Crippen LogP contribution in [0.15, 0.2) is 84.9 Å². The summed E-state index contributed by atoms with van der Waals surface area (Å²) in [5.74, 6) is 0.0146. The molecule has 124 valence electrons. The summed E-state index contributed by atoms with van der Waals surface area (Å²) in [6.07, 6.45) is 0. The van der Waals surface area contributed by atoms with Gasteiger partial charge in [-0.25, -0.2) is 0 Å². The van der Waals surface area contributed by atoms with Gasteiger partial charge in [-0.1, -0.05) is 84.5 Å². The summed E-state index contributed by atoms with van der Waals surface area (Å²) in [5, 5.41) is 0.651. The Morgan fingerprint density at radius 2 is 1.36 bits per heavy atom. The highest BCUT2D eigenvalue weighted by atomic mass is 35.5. The molecule has 0 radical (unpaired) electrons. The van der Waals surface area contributed by atoms with E-state index >= 15 is 0 Å². The minimum Gasteiger partial charge on any atom is -0.324 e. The lowest BCUT2D eigenvalue weighted by molar-refractivity contribution is 0.100. The van der Waals surface area contributed by atoms with Crippen LogP contribution in [0.2, 0.25) is 5.02 Å². The Hall–Kier alpha value is -2.49. The van der Waals surface area contributed by atoms with Gasteiger partial charge in [0, 0.05) is 21.8 Å². The van der Waals surface area contributed by atoms with Gasteiger partial charge in [-0.05, 0) is 24.3 Å². The molecule has 25 heavy (non-hydrogen) atoms. The Kier molecular flexibility index (Phi) is 5.59. The molecule has 0 heterocycles. The van der Waals surface area contributed by atoms with Gasteiger partial charge in [0.2, 0.25) is 0 Å². The molecule has 2 nitrogen and oxygen atoms in total. The van der Waals surface area contributed by atoms with Crippen LogP contribution in [0.5, 0.6) is 0 Å². The van der Waals surface area contributed by atoms with Gasteiger partial charge in [-0.2, -0.15) is 0 Å². The molecule has 3 rings (SSSR count). The summed E-state index contributed by atoms with van der Waals surface area (Å²) < 4.78 is 0. The lowest BCUT2D eigenvalue weighted by atomic mass is 10.1. The molecule has 0 saturated carbocycles. The van der Waals surface area contributed by atoms with Crippen LogP contribution in [0.25, 0.3) is 0 Å². The summed E-state index contributed by atoms with van der Waals surface area (Å²) >= 11 is 11.6. The van der Waals surface area contributed by atoms with Crippen molar-refractivity contribution in [3.05, 3.63) is 101 Å². The first-order valence-electron chi connectivity index (χ1n) is 7.86. The minimum atomic E-state index is 0.0146. The second-order valence-corrected chi connectivity index (χ2v) is 6.35. The largest absolute Gasteiger partial charge is 0.324 e. The van der Waals surface area contributed by atoms with Gasteiger partial charge in [0.05, 0.1) is 6.54 Å². The number of Topliss-reactive ketones (excluding diaryl/α,β-unsaturated/α-hetero) is 1. The van der Waals surface area contributed by atoms with Crippen LogP contribution in [0.4, 0.5) is 5.69 Å². The van der Waals surface area contributed by atoms with Gasteiger partial charge in [0.15, 0.2) is 5.78 Å². The zero-order chi connectivity index (χ0) is 17.6. The normalized spacial score (nSPS) is 10.3. The number of rotatable bonds is 5. The van der Waals surface area contributed by atoms with Gasteiger partial charge in [-0.3, -0.25) is 4.79 Å². The number of hydrogen-bond acceptors (Lipinski definition) is 2. The van der Waals surface area contributed by atoms with Crippen molar-refractivity contribution in [2.75, 3.05) is 11.4 Å². The van der Waals surface area contributed by atoms with Crippen molar-refractivity contribution < 1.29 is 4.79 Å². The topological polar surface area (TPSA) is 20.3 Å². The molecule has 0 aliphatic rings. The molecule has 0 atom stereocenters. The molecule has 0 aliphatic heterocycles. The monoisotopic (exact) mass is 365 g/mol. The molecule has 0 aliphatic carbocycles. The van der Waals surface area contributed by atoms with E-state index in [1.54, 1.807) is 12.1 Å². The summed E-state index contributed by atoms with van der Waals surface area (Å²) in [5.41, 5.74) is 2.40. The Balaban J connectivity index is 1.91. The standard InChI is InChI=1S/C21H16ClNOS/c22-18-13-11-17(12-14-18)21(25)23(19-9-5-2-6-10-19)15-20(24)16-7-3-1-4-8-16/h1-14H,15H2. The van der Waals surface area contributed by atoms with Crippen LogP contribution in [-0.4, -0.2) is 17.3 Å². The molecular formula is C21H16ClNOS. The molecule has 4 heteroatoms. The first-order chi connectivity index (χ1) is 12.1. The average Bonchev–Trinajstić information content (AvgIpc) is 2.67. The van der Waals surface area contributed by atoms with E-state index in [9.17, 15) is 4.79 Å². The number of ketones is 1. The van der Waals surface area contributed by atoms with Gasteiger partial charge in [-0.15, -0.1) is 0 Å². The van der Waals surface area contributed by atoms with E-state index < -0.39 is 0 Å². The highest BCUT2D eigenvalue weighted by molar-refractivity contribution is 7.81. The lowest BCUT2D eigenvalue weighted by Gasteiger charge is -2.25. The predicted molar refractivity (Wildman–Crippen MR) is 108 cm³/mol. The Bertz CT molecular complexity index is 863. The molecule has 0 amide bonds. The van der Waals surface area contributed by atoms with E-state index in [0.717, 1.165) is 11.3 Å². The first kappa shape index (κ1) is 17.3. The maximum absolute atomic E-state index is 12.7. The van der Waals surface area contributed by atoms with Crippen molar-refractivity contribution in [3.63, 3.8) is 0 Å². The van der Waals surface area contributed by atoms with E-state index in [1.807, 2.05) is 77.7 Å². The zero-order valence-corrected chi connectivity index (χ0v) is 15.0. The fourth-order valence-corrected chi connectivity index (χ4v) is 2.93. The molecule has 0 bridgehead atoms. The van der Waals surface area contributed by atoms with Crippen molar-refractivity contribution in [2.24, 2.45) is 0 Å². The first-order valence-corrected chi connectivity index (χ1v) is 8.64. The second kappa shape index (κ2) is 8.06. The molecule has 0 aromatic heterocycles. The number of para-hydroxylation sites is 1. The molecule has 3 aromatic carbocycles. The predicted octanol–water partition coefficient (Wildman–Crippen LogP) is 5.41. The van der Waals surface area contributed by atoms with Crippen LogP contribution < -0.4 is 4.90 Å². The third-order valence-electron chi connectivity index (χ3n) is 3.80. The van der Waals surface area contributed by atoms with Gasteiger partial charge >= 0.3 is 0 Å². The summed E-state index contributed by atoms with van der Waals surface area (Å²) in [6, 6.07) is 26.3. The van der Waals surface area contributed by atoms with Gasteiger partial charge in [0.25, 0.3) is 0 Å². The highest BCUT2D eigenvalue weighted by Gasteiger charge is 2.18. The zero-order valence-electron chi connectivity index (χ0n) is 13.4. The highest BCUT2D eigenvalue weighted by Crippen LogP contribution is 2.20. The molecule has 0 unspecified atom stereocenters. The quantitative estimate of drug-likeness (QED) is 0.445. The van der Waals surface area contributed by atoms with Crippen molar-refractivity contribution in [2.45, 2.75) is 0 Å². The van der Waals surface area contributed by atoms with E-state index in [2.05, 4.69) is 0 Å². The van der Waals surface area contributed by atoms with Crippen molar-refractivity contribution in [3.8, 4) is 0 Å². The fraction of sp³-hybridized carbons (Fsp3) is 0.0476. The lowest BCUT2D eigenvalue weighted by Crippen LogP contribution is -2.35. The maximum atomic E-state index is 12.7. The Morgan fingerprint density at radius 3 is 1.96 bits per heavy atom. The molecule has 0 N–H and O–H groups in total. The van der Waals surface area contributed by atoms with Crippen molar-refractivity contribution in [1.29, 1.82) is 0 Å². The minimum absolute atomic E-state index is 0.0146. The summed E-state index contributed by atoms with van der Waals surface area (Å²) in [7, 11) is 0. The number of carbonyl (C=O) groups excluding carboxylic acids is 1. The van der Waals surface area contributed by atoms with E-state index in [4.69, 9.17) is 23.8 Å². The third kappa shape index (κ3) is 4.32. The fourth-order valence-electron chi connectivity index (χ4n) is 2.50. The van der Waals surface area contributed by atoms with Crippen LogP contribution in [0.1, 0.15) is 15.9 Å². The number of carbonyl (C=O) groups is 1. The Labute approximate surface area is 157 Å². The number of anilines is 1. The van der Waals surface area contributed by atoms with E-state index in [1.165, 1.54) is 0 Å². The summed E-state index contributed by atoms with van der Waals surface area (Å²) in [4.78, 5) is 15.1. The third-order valence-corrected chi connectivity index (χ3v) is 4.51.